The zero-order chi connectivity index (χ0) is 21.7. The summed E-state index contributed by atoms with van der Waals surface area (Å²) in [7, 11) is -3.72. The summed E-state index contributed by atoms with van der Waals surface area (Å²) in [5.41, 5.74) is 0. The molecule has 0 bridgehead atoms. The molecule has 3 rings (SSSR count). The van der Waals surface area contributed by atoms with E-state index in [4.69, 9.17) is 4.74 Å². The molecule has 2 heterocycles. The lowest BCUT2D eigenvalue weighted by Gasteiger charge is -2.29. The fourth-order valence-corrected chi connectivity index (χ4v) is 5.53. The van der Waals surface area contributed by atoms with Crippen LogP contribution in [0.5, 0.6) is 0 Å². The maximum atomic E-state index is 13.2. The minimum Gasteiger partial charge on any atom is -0.449 e. The number of sulfonamides is 1. The maximum absolute atomic E-state index is 13.2. The molecule has 0 aromatic heterocycles. The molecule has 8 nitrogen and oxygen atoms in total. The van der Waals surface area contributed by atoms with Gasteiger partial charge in [0, 0.05) is 32.7 Å². The molecule has 2 aliphatic heterocycles. The van der Waals surface area contributed by atoms with Gasteiger partial charge in [0.1, 0.15) is 6.04 Å². The van der Waals surface area contributed by atoms with Crippen LogP contribution >= 0.6 is 0 Å². The van der Waals surface area contributed by atoms with E-state index in [9.17, 15) is 18.0 Å². The Morgan fingerprint density at radius 2 is 1.67 bits per heavy atom. The van der Waals surface area contributed by atoms with E-state index in [0.29, 0.717) is 58.6 Å². The monoisotopic (exact) mass is 437 g/mol. The summed E-state index contributed by atoms with van der Waals surface area (Å²) in [4.78, 5) is 29.0. The second-order valence-corrected chi connectivity index (χ2v) is 10.1. The molecular weight excluding hydrogens is 406 g/mol. The van der Waals surface area contributed by atoms with Crippen molar-refractivity contribution in [1.29, 1.82) is 0 Å². The minimum atomic E-state index is -3.72. The van der Waals surface area contributed by atoms with Gasteiger partial charge in [-0.25, -0.2) is 13.2 Å². The SMILES string of the molecule is CC(C)COC(=O)N1CCCN(C(=O)C2CCCN2S(=O)(=O)c2ccccc2)CC1. The summed E-state index contributed by atoms with van der Waals surface area (Å²) in [6.07, 6.45) is 1.46. The second-order valence-electron chi connectivity index (χ2n) is 8.22. The largest absolute Gasteiger partial charge is 0.449 e. The van der Waals surface area contributed by atoms with E-state index in [1.165, 1.54) is 4.31 Å². The number of benzene rings is 1. The number of nitrogens with zero attached hydrogens (tertiary/aromatic N) is 3. The highest BCUT2D eigenvalue weighted by molar-refractivity contribution is 7.89. The summed E-state index contributed by atoms with van der Waals surface area (Å²) in [6.45, 7) is 6.47. The molecule has 2 saturated heterocycles. The van der Waals surface area contributed by atoms with E-state index in [1.807, 2.05) is 13.8 Å². The molecule has 0 radical (unpaired) electrons. The molecule has 1 atom stereocenters. The van der Waals surface area contributed by atoms with Gasteiger partial charge >= 0.3 is 6.09 Å². The lowest BCUT2D eigenvalue weighted by molar-refractivity contribution is -0.134. The zero-order valence-electron chi connectivity index (χ0n) is 17.7. The molecule has 9 heteroatoms. The molecule has 0 spiro atoms. The Kier molecular flexibility index (Phi) is 7.36. The standard InChI is InChI=1S/C21H31N3O5S/c1-17(2)16-29-21(26)23-12-7-11-22(14-15-23)20(25)19-10-6-13-24(19)30(27,28)18-8-4-3-5-9-18/h3-5,8-9,17,19H,6-7,10-16H2,1-2H3. The average Bonchev–Trinajstić information content (AvgIpc) is 3.11. The Morgan fingerprint density at radius 3 is 2.37 bits per heavy atom. The average molecular weight is 438 g/mol. The van der Waals surface area contributed by atoms with Crippen LogP contribution < -0.4 is 0 Å². The summed E-state index contributed by atoms with van der Waals surface area (Å²) in [5, 5.41) is 0. The second kappa shape index (κ2) is 9.78. The van der Waals surface area contributed by atoms with Crippen molar-refractivity contribution in [2.24, 2.45) is 5.92 Å². The highest BCUT2D eigenvalue weighted by atomic mass is 32.2. The van der Waals surface area contributed by atoms with E-state index in [2.05, 4.69) is 0 Å². The number of hydrogen-bond donors (Lipinski definition) is 0. The van der Waals surface area contributed by atoms with E-state index in [-0.39, 0.29) is 22.8 Å². The van der Waals surface area contributed by atoms with Gasteiger partial charge in [0.15, 0.2) is 0 Å². The van der Waals surface area contributed by atoms with Crippen molar-refractivity contribution in [1.82, 2.24) is 14.1 Å². The lowest BCUT2D eigenvalue weighted by Crippen LogP contribution is -2.48. The number of ether oxygens (including phenoxy) is 1. The van der Waals surface area contributed by atoms with Crippen molar-refractivity contribution in [3.63, 3.8) is 0 Å². The van der Waals surface area contributed by atoms with Gasteiger partial charge in [-0.2, -0.15) is 4.31 Å². The third-order valence-electron chi connectivity index (χ3n) is 5.44. The molecule has 0 saturated carbocycles. The summed E-state index contributed by atoms with van der Waals surface area (Å²) < 4.78 is 32.7. The molecule has 2 fully saturated rings. The van der Waals surface area contributed by atoms with Crippen molar-refractivity contribution in [3.8, 4) is 0 Å². The molecule has 30 heavy (non-hydrogen) atoms. The molecule has 1 aromatic rings. The van der Waals surface area contributed by atoms with Crippen molar-refractivity contribution in [2.45, 2.75) is 44.0 Å². The van der Waals surface area contributed by atoms with Crippen LogP contribution in [0.1, 0.15) is 33.1 Å². The summed E-state index contributed by atoms with van der Waals surface area (Å²) in [5.74, 6) is 0.0864. The van der Waals surface area contributed by atoms with Gasteiger partial charge in [0.05, 0.1) is 11.5 Å². The van der Waals surface area contributed by atoms with Gasteiger partial charge in [0.2, 0.25) is 15.9 Å². The van der Waals surface area contributed by atoms with Gasteiger partial charge < -0.3 is 14.5 Å². The van der Waals surface area contributed by atoms with Crippen LogP contribution in [-0.2, 0) is 19.6 Å². The molecular formula is C21H31N3O5S. The third kappa shape index (κ3) is 5.13. The minimum absolute atomic E-state index is 0.176. The Bertz CT molecular complexity index is 843. The Balaban J connectivity index is 1.65. The topological polar surface area (TPSA) is 87.2 Å². The normalized spacial score (nSPS) is 21.0. The van der Waals surface area contributed by atoms with E-state index < -0.39 is 16.1 Å². The van der Waals surface area contributed by atoms with E-state index >= 15 is 0 Å². The Hall–Kier alpha value is -2.13. The van der Waals surface area contributed by atoms with Crippen LogP contribution in [0.25, 0.3) is 0 Å². The van der Waals surface area contributed by atoms with Gasteiger partial charge in [-0.1, -0.05) is 32.0 Å². The van der Waals surface area contributed by atoms with Crippen molar-refractivity contribution < 1.29 is 22.7 Å². The van der Waals surface area contributed by atoms with E-state index in [0.717, 1.165) is 0 Å². The predicted octanol–water partition coefficient (Wildman–Crippen LogP) is 2.17. The predicted molar refractivity (Wildman–Crippen MR) is 112 cm³/mol. The molecule has 0 N–H and O–H groups in total. The van der Waals surface area contributed by atoms with Crippen molar-refractivity contribution in [3.05, 3.63) is 30.3 Å². The van der Waals surface area contributed by atoms with E-state index in [1.54, 1.807) is 40.1 Å². The van der Waals surface area contributed by atoms with Crippen LogP contribution in [-0.4, -0.2) is 79.9 Å². The zero-order valence-corrected chi connectivity index (χ0v) is 18.5. The van der Waals surface area contributed by atoms with Crippen molar-refractivity contribution >= 4 is 22.0 Å². The Morgan fingerprint density at radius 1 is 1.00 bits per heavy atom. The quantitative estimate of drug-likeness (QED) is 0.705. The Labute approximate surface area is 178 Å². The van der Waals surface area contributed by atoms with Crippen LogP contribution in [0.15, 0.2) is 35.2 Å². The van der Waals surface area contributed by atoms with Crippen LogP contribution in [0.3, 0.4) is 0 Å². The van der Waals surface area contributed by atoms with Crippen molar-refractivity contribution in [2.75, 3.05) is 39.3 Å². The molecule has 166 valence electrons. The molecule has 1 unspecified atom stereocenters. The fourth-order valence-electron chi connectivity index (χ4n) is 3.86. The highest BCUT2D eigenvalue weighted by Gasteiger charge is 2.41. The first kappa shape index (κ1) is 22.6. The first-order chi connectivity index (χ1) is 14.3. The molecule has 2 aliphatic rings. The molecule has 2 amide bonds. The van der Waals surface area contributed by atoms with Crippen LogP contribution in [0.2, 0.25) is 0 Å². The number of rotatable bonds is 5. The molecule has 1 aromatic carbocycles. The van der Waals surface area contributed by atoms with Gasteiger partial charge in [-0.05, 0) is 37.3 Å². The van der Waals surface area contributed by atoms with Gasteiger partial charge in [-0.15, -0.1) is 0 Å². The molecule has 0 aliphatic carbocycles. The van der Waals surface area contributed by atoms with Crippen LogP contribution in [0.4, 0.5) is 4.79 Å². The summed E-state index contributed by atoms with van der Waals surface area (Å²) in [6, 6.07) is 7.56. The number of hydrogen-bond acceptors (Lipinski definition) is 5. The maximum Gasteiger partial charge on any atom is 0.409 e. The number of amides is 2. The third-order valence-corrected chi connectivity index (χ3v) is 7.37. The summed E-state index contributed by atoms with van der Waals surface area (Å²) >= 11 is 0. The lowest BCUT2D eigenvalue weighted by atomic mass is 10.2. The van der Waals surface area contributed by atoms with Gasteiger partial charge in [0.25, 0.3) is 0 Å². The highest BCUT2D eigenvalue weighted by Crippen LogP contribution is 2.27. The van der Waals surface area contributed by atoms with Crippen LogP contribution in [0, 0.1) is 5.92 Å². The van der Waals surface area contributed by atoms with Gasteiger partial charge in [-0.3, -0.25) is 4.79 Å². The smallest absolute Gasteiger partial charge is 0.409 e. The fraction of sp³-hybridized carbons (Fsp3) is 0.619. The number of carbonyl (C=O) groups excluding carboxylic acids is 2. The first-order valence-electron chi connectivity index (χ1n) is 10.6. The number of carbonyl (C=O) groups is 2. The first-order valence-corrected chi connectivity index (χ1v) is 12.0.